The van der Waals surface area contributed by atoms with E-state index in [0.29, 0.717) is 17.2 Å². The van der Waals surface area contributed by atoms with Crippen molar-refractivity contribution in [3.63, 3.8) is 0 Å². The Hall–Kier alpha value is -3.52. The van der Waals surface area contributed by atoms with Crippen molar-refractivity contribution in [1.29, 1.82) is 0 Å². The normalized spacial score (nSPS) is 11.5. The minimum atomic E-state index is -3.71. The van der Waals surface area contributed by atoms with E-state index < -0.39 is 10.0 Å². The lowest BCUT2D eigenvalue weighted by Crippen LogP contribution is -2.12. The molecular weight excluding hydrogens is 376 g/mol. The van der Waals surface area contributed by atoms with E-state index in [2.05, 4.69) is 14.7 Å². The van der Waals surface area contributed by atoms with Crippen molar-refractivity contribution in [3.8, 4) is 17.1 Å². The molecule has 1 aromatic heterocycles. The summed E-state index contributed by atoms with van der Waals surface area (Å²) in [6.07, 6.45) is 0. The number of benzene rings is 3. The number of nitrogens with two attached hydrogens (primary N) is 1. The molecule has 0 fully saturated rings. The summed E-state index contributed by atoms with van der Waals surface area (Å²) in [5.74, 6) is 1.45. The lowest BCUT2D eigenvalue weighted by atomic mass is 10.2. The quantitative estimate of drug-likeness (QED) is 0.448. The van der Waals surface area contributed by atoms with Gasteiger partial charge in [0.15, 0.2) is 0 Å². The van der Waals surface area contributed by atoms with E-state index in [-0.39, 0.29) is 4.90 Å². The fraction of sp³-hybridized carbons (Fsp3) is 0.0500. The van der Waals surface area contributed by atoms with Crippen molar-refractivity contribution in [2.75, 3.05) is 17.6 Å². The van der Waals surface area contributed by atoms with Crippen LogP contribution in [0.4, 0.5) is 11.4 Å². The van der Waals surface area contributed by atoms with Crippen molar-refractivity contribution in [1.82, 2.24) is 9.97 Å². The number of fused-ring (bicyclic) bond motifs is 1. The number of sulfonamides is 1. The van der Waals surface area contributed by atoms with E-state index in [4.69, 9.17) is 10.5 Å². The van der Waals surface area contributed by atoms with E-state index in [1.807, 2.05) is 24.3 Å². The topological polar surface area (TPSA) is 110 Å². The molecule has 0 aliphatic heterocycles. The molecule has 0 spiro atoms. The predicted octanol–water partition coefficient (Wildman–Crippen LogP) is 3.62. The average Bonchev–Trinajstić information content (AvgIpc) is 3.11. The summed E-state index contributed by atoms with van der Waals surface area (Å²) in [6.45, 7) is 0. The number of imidazole rings is 1. The second-order valence-electron chi connectivity index (χ2n) is 6.22. The Bertz CT molecular complexity index is 1230. The van der Waals surface area contributed by atoms with Gasteiger partial charge in [0.05, 0.1) is 28.7 Å². The first-order valence-corrected chi connectivity index (χ1v) is 9.95. The van der Waals surface area contributed by atoms with Gasteiger partial charge in [-0.05, 0) is 66.7 Å². The van der Waals surface area contributed by atoms with E-state index >= 15 is 0 Å². The zero-order chi connectivity index (χ0) is 19.7. The molecule has 7 nitrogen and oxygen atoms in total. The molecule has 4 N–H and O–H groups in total. The molecule has 0 saturated heterocycles. The van der Waals surface area contributed by atoms with E-state index in [1.54, 1.807) is 37.4 Å². The van der Waals surface area contributed by atoms with Crippen LogP contribution in [0.5, 0.6) is 5.75 Å². The van der Waals surface area contributed by atoms with E-state index in [0.717, 1.165) is 22.3 Å². The van der Waals surface area contributed by atoms with Crippen molar-refractivity contribution in [2.24, 2.45) is 0 Å². The number of nitrogen functional groups attached to an aromatic ring is 1. The first-order valence-electron chi connectivity index (χ1n) is 8.47. The minimum Gasteiger partial charge on any atom is -0.497 e. The Morgan fingerprint density at radius 1 is 1.00 bits per heavy atom. The molecule has 8 heteroatoms. The molecule has 28 heavy (non-hydrogen) atoms. The van der Waals surface area contributed by atoms with Gasteiger partial charge in [0.2, 0.25) is 0 Å². The molecule has 0 bridgehead atoms. The summed E-state index contributed by atoms with van der Waals surface area (Å²) in [7, 11) is -2.09. The van der Waals surface area contributed by atoms with E-state index in [9.17, 15) is 8.42 Å². The van der Waals surface area contributed by atoms with Crippen LogP contribution in [-0.4, -0.2) is 25.5 Å². The average molecular weight is 394 g/mol. The Kier molecular flexibility index (Phi) is 4.40. The van der Waals surface area contributed by atoms with Gasteiger partial charge in [-0.1, -0.05) is 0 Å². The van der Waals surface area contributed by atoms with Gasteiger partial charge in [0.25, 0.3) is 10.0 Å². The van der Waals surface area contributed by atoms with Gasteiger partial charge in [0.1, 0.15) is 11.6 Å². The Morgan fingerprint density at radius 2 is 1.71 bits per heavy atom. The molecule has 0 aliphatic carbocycles. The fourth-order valence-corrected chi connectivity index (χ4v) is 3.87. The van der Waals surface area contributed by atoms with Crippen molar-refractivity contribution >= 4 is 32.4 Å². The van der Waals surface area contributed by atoms with Gasteiger partial charge in [0, 0.05) is 11.3 Å². The maximum atomic E-state index is 12.5. The van der Waals surface area contributed by atoms with Gasteiger partial charge in [-0.3, -0.25) is 4.72 Å². The van der Waals surface area contributed by atoms with Crippen LogP contribution in [0, 0.1) is 0 Å². The van der Waals surface area contributed by atoms with Gasteiger partial charge in [-0.25, -0.2) is 13.4 Å². The third-order valence-electron chi connectivity index (χ3n) is 4.29. The van der Waals surface area contributed by atoms with E-state index in [1.165, 1.54) is 12.1 Å². The smallest absolute Gasteiger partial charge is 0.261 e. The molecule has 0 saturated carbocycles. The Labute approximate surface area is 162 Å². The van der Waals surface area contributed by atoms with Crippen LogP contribution in [0.2, 0.25) is 0 Å². The molecule has 0 aliphatic rings. The third-order valence-corrected chi connectivity index (χ3v) is 5.69. The number of anilines is 2. The largest absolute Gasteiger partial charge is 0.497 e. The summed E-state index contributed by atoms with van der Waals surface area (Å²) in [5, 5.41) is 0. The maximum Gasteiger partial charge on any atom is 0.261 e. The molecule has 0 unspecified atom stereocenters. The number of hydrogen-bond donors (Lipinski definition) is 3. The highest BCUT2D eigenvalue weighted by atomic mass is 32.2. The number of methoxy groups -OCH3 is 1. The summed E-state index contributed by atoms with van der Waals surface area (Å²) in [5.41, 5.74) is 8.93. The number of aromatic amines is 1. The summed E-state index contributed by atoms with van der Waals surface area (Å²) >= 11 is 0. The van der Waals surface area contributed by atoms with Crippen molar-refractivity contribution in [2.45, 2.75) is 4.90 Å². The molecule has 4 rings (SSSR count). The highest BCUT2D eigenvalue weighted by Crippen LogP contribution is 2.25. The highest BCUT2D eigenvalue weighted by Gasteiger charge is 2.15. The van der Waals surface area contributed by atoms with Crippen LogP contribution in [0.15, 0.2) is 71.6 Å². The van der Waals surface area contributed by atoms with Gasteiger partial charge < -0.3 is 15.5 Å². The number of H-pyrrole nitrogens is 1. The van der Waals surface area contributed by atoms with Crippen LogP contribution >= 0.6 is 0 Å². The highest BCUT2D eigenvalue weighted by molar-refractivity contribution is 7.92. The molecule has 3 aromatic carbocycles. The first kappa shape index (κ1) is 17.9. The standard InChI is InChI=1S/C20H18N4O3S/c1-27-16-7-2-13(3-8-16)20-22-18-11-6-15(12-19(18)23-20)24-28(25,26)17-9-4-14(21)5-10-17/h2-12,24H,21H2,1H3,(H,22,23). The number of nitrogens with one attached hydrogen (secondary N) is 2. The Morgan fingerprint density at radius 3 is 2.39 bits per heavy atom. The molecular formula is C20H18N4O3S. The number of nitrogens with zero attached hydrogens (tertiary/aromatic N) is 1. The third kappa shape index (κ3) is 3.49. The number of hydrogen-bond acceptors (Lipinski definition) is 5. The predicted molar refractivity (Wildman–Crippen MR) is 110 cm³/mol. The zero-order valence-corrected chi connectivity index (χ0v) is 15.8. The molecule has 4 aromatic rings. The molecule has 0 radical (unpaired) electrons. The lowest BCUT2D eigenvalue weighted by molar-refractivity contribution is 0.415. The zero-order valence-electron chi connectivity index (χ0n) is 15.0. The Balaban J connectivity index is 1.63. The van der Waals surface area contributed by atoms with Crippen LogP contribution in [-0.2, 0) is 10.0 Å². The van der Waals surface area contributed by atoms with Gasteiger partial charge in [-0.15, -0.1) is 0 Å². The van der Waals surface area contributed by atoms with Gasteiger partial charge >= 0.3 is 0 Å². The first-order chi connectivity index (χ1) is 13.4. The van der Waals surface area contributed by atoms with Crippen LogP contribution in [0.25, 0.3) is 22.4 Å². The number of aromatic nitrogens is 2. The minimum absolute atomic E-state index is 0.144. The SMILES string of the molecule is COc1ccc(-c2nc3ccc(NS(=O)(=O)c4ccc(N)cc4)cc3[nH]2)cc1. The molecule has 142 valence electrons. The van der Waals surface area contributed by atoms with Crippen molar-refractivity contribution in [3.05, 3.63) is 66.7 Å². The second kappa shape index (κ2) is 6.90. The summed E-state index contributed by atoms with van der Waals surface area (Å²) < 4.78 is 32.8. The number of ether oxygens (including phenoxy) is 1. The van der Waals surface area contributed by atoms with Gasteiger partial charge in [-0.2, -0.15) is 0 Å². The number of rotatable bonds is 5. The summed E-state index contributed by atoms with van der Waals surface area (Å²) in [4.78, 5) is 7.92. The monoisotopic (exact) mass is 394 g/mol. The molecule has 0 atom stereocenters. The fourth-order valence-electron chi connectivity index (χ4n) is 2.82. The maximum absolute atomic E-state index is 12.5. The van der Waals surface area contributed by atoms with Crippen LogP contribution in [0.1, 0.15) is 0 Å². The molecule has 0 amide bonds. The molecule has 1 heterocycles. The lowest BCUT2D eigenvalue weighted by Gasteiger charge is -2.08. The summed E-state index contributed by atoms with van der Waals surface area (Å²) in [6, 6.07) is 18.7. The van der Waals surface area contributed by atoms with Crippen LogP contribution < -0.4 is 15.2 Å². The second-order valence-corrected chi connectivity index (χ2v) is 7.90. The van der Waals surface area contributed by atoms with Crippen molar-refractivity contribution < 1.29 is 13.2 Å². The van der Waals surface area contributed by atoms with Crippen LogP contribution in [0.3, 0.4) is 0 Å².